The van der Waals surface area contributed by atoms with Crippen molar-refractivity contribution in [3.05, 3.63) is 57.3 Å². The van der Waals surface area contributed by atoms with Gasteiger partial charge in [-0.2, -0.15) is 5.10 Å². The van der Waals surface area contributed by atoms with E-state index in [9.17, 15) is 14.9 Å². The summed E-state index contributed by atoms with van der Waals surface area (Å²) in [6.45, 7) is 1.88. The van der Waals surface area contributed by atoms with Gasteiger partial charge in [0.25, 0.3) is 5.91 Å². The number of hydrogen-bond donors (Lipinski definition) is 1. The van der Waals surface area contributed by atoms with Crippen LogP contribution in [-0.2, 0) is 4.79 Å². The number of hydrogen-bond acceptors (Lipinski definition) is 6. The van der Waals surface area contributed by atoms with Crippen molar-refractivity contribution in [1.82, 2.24) is 0 Å². The van der Waals surface area contributed by atoms with Crippen LogP contribution in [0, 0.1) is 17.0 Å². The first-order valence-corrected chi connectivity index (χ1v) is 6.33. The topological polar surface area (TPSA) is 110 Å². The van der Waals surface area contributed by atoms with Crippen LogP contribution in [0.15, 0.2) is 45.0 Å². The highest BCUT2D eigenvalue weighted by molar-refractivity contribution is 6.54. The van der Waals surface area contributed by atoms with Crippen molar-refractivity contribution in [2.75, 3.05) is 5.32 Å². The van der Waals surface area contributed by atoms with Crippen LogP contribution in [-0.4, -0.2) is 22.8 Å². The van der Waals surface area contributed by atoms with E-state index >= 15 is 0 Å². The van der Waals surface area contributed by atoms with Gasteiger partial charge >= 0.3 is 5.88 Å². The number of nitro groups is 1. The molecule has 110 valence electrons. The van der Waals surface area contributed by atoms with Gasteiger partial charge in [0.05, 0.1) is 18.0 Å². The third-order valence-corrected chi connectivity index (χ3v) is 3.12. The van der Waals surface area contributed by atoms with Gasteiger partial charge in [0.2, 0.25) is 0 Å². The number of aryl methyl sites for hydroxylation is 1. The predicted octanol–water partition coefficient (Wildman–Crippen LogP) is 2.27. The summed E-state index contributed by atoms with van der Waals surface area (Å²) in [7, 11) is 0. The standard InChI is InChI=1S/C14H10N4O4/c1-8-3-2-4-10-12(8)16-14(19)13(10)17-15-7-9-5-6-11(22-9)18(20)21/h2-7H,1H3,(H,16,17,19)/b15-7+. The Labute approximate surface area is 124 Å². The van der Waals surface area contributed by atoms with E-state index in [1.807, 2.05) is 19.1 Å². The van der Waals surface area contributed by atoms with Crippen LogP contribution in [0.3, 0.4) is 0 Å². The second-order valence-electron chi connectivity index (χ2n) is 4.58. The fourth-order valence-electron chi connectivity index (χ4n) is 2.08. The number of nitrogens with zero attached hydrogens (tertiary/aromatic N) is 3. The Bertz CT molecular complexity index is 835. The molecule has 2 heterocycles. The molecular formula is C14H10N4O4. The zero-order chi connectivity index (χ0) is 15.7. The van der Waals surface area contributed by atoms with Gasteiger partial charge in [-0.15, -0.1) is 5.10 Å². The summed E-state index contributed by atoms with van der Waals surface area (Å²) in [5.41, 5.74) is 2.51. The fraction of sp³-hybridized carbons (Fsp3) is 0.0714. The number of para-hydroxylation sites is 1. The molecule has 0 radical (unpaired) electrons. The van der Waals surface area contributed by atoms with Crippen LogP contribution in [0.2, 0.25) is 0 Å². The number of carbonyl (C=O) groups is 1. The van der Waals surface area contributed by atoms with Crippen molar-refractivity contribution in [3.8, 4) is 0 Å². The van der Waals surface area contributed by atoms with Gasteiger partial charge in [0.1, 0.15) is 4.92 Å². The van der Waals surface area contributed by atoms with Gasteiger partial charge in [0, 0.05) is 5.56 Å². The second-order valence-corrected chi connectivity index (χ2v) is 4.58. The van der Waals surface area contributed by atoms with Crippen molar-refractivity contribution in [1.29, 1.82) is 0 Å². The van der Waals surface area contributed by atoms with Crippen molar-refractivity contribution in [2.45, 2.75) is 6.92 Å². The van der Waals surface area contributed by atoms with E-state index in [0.29, 0.717) is 5.56 Å². The van der Waals surface area contributed by atoms with E-state index in [1.165, 1.54) is 18.3 Å². The third kappa shape index (κ3) is 2.37. The zero-order valence-corrected chi connectivity index (χ0v) is 11.4. The van der Waals surface area contributed by atoms with Gasteiger partial charge in [-0.1, -0.05) is 18.2 Å². The summed E-state index contributed by atoms with van der Waals surface area (Å²) in [6.07, 6.45) is 1.21. The Kier molecular flexibility index (Phi) is 3.26. The molecular weight excluding hydrogens is 288 g/mol. The molecule has 0 aliphatic carbocycles. The first-order valence-electron chi connectivity index (χ1n) is 6.33. The zero-order valence-electron chi connectivity index (χ0n) is 11.4. The molecule has 0 saturated carbocycles. The molecule has 22 heavy (non-hydrogen) atoms. The van der Waals surface area contributed by atoms with E-state index in [2.05, 4.69) is 15.5 Å². The molecule has 1 amide bonds. The van der Waals surface area contributed by atoms with Crippen molar-refractivity contribution >= 4 is 29.4 Å². The Morgan fingerprint density at radius 3 is 2.86 bits per heavy atom. The maximum atomic E-state index is 11.9. The Morgan fingerprint density at radius 2 is 2.14 bits per heavy atom. The van der Waals surface area contributed by atoms with Crippen LogP contribution < -0.4 is 5.32 Å². The quantitative estimate of drug-likeness (QED) is 0.532. The average molecular weight is 298 g/mol. The molecule has 1 aliphatic heterocycles. The Balaban J connectivity index is 1.87. The van der Waals surface area contributed by atoms with E-state index in [-0.39, 0.29) is 23.3 Å². The number of furan rings is 1. The molecule has 1 aromatic carbocycles. The Morgan fingerprint density at radius 1 is 1.32 bits per heavy atom. The van der Waals surface area contributed by atoms with Crippen LogP contribution in [0.1, 0.15) is 16.9 Å². The van der Waals surface area contributed by atoms with E-state index < -0.39 is 4.92 Å². The first-order chi connectivity index (χ1) is 10.6. The maximum Gasteiger partial charge on any atom is 0.433 e. The number of benzene rings is 1. The minimum Gasteiger partial charge on any atom is -0.400 e. The summed E-state index contributed by atoms with van der Waals surface area (Å²) < 4.78 is 4.91. The lowest BCUT2D eigenvalue weighted by atomic mass is 10.1. The Hall–Kier alpha value is -3.29. The number of fused-ring (bicyclic) bond motifs is 1. The summed E-state index contributed by atoms with van der Waals surface area (Å²) in [6, 6.07) is 8.09. The fourth-order valence-corrected chi connectivity index (χ4v) is 2.08. The van der Waals surface area contributed by atoms with E-state index in [0.717, 1.165) is 11.3 Å². The highest BCUT2D eigenvalue weighted by atomic mass is 16.6. The molecule has 2 aromatic rings. The van der Waals surface area contributed by atoms with Crippen LogP contribution in [0.25, 0.3) is 0 Å². The molecule has 0 spiro atoms. The summed E-state index contributed by atoms with van der Waals surface area (Å²) >= 11 is 0. The average Bonchev–Trinajstić information content (AvgIpc) is 3.06. The highest BCUT2D eigenvalue weighted by Crippen LogP contribution is 2.26. The molecule has 0 bridgehead atoms. The molecule has 3 rings (SSSR count). The number of rotatable bonds is 3. The third-order valence-electron chi connectivity index (χ3n) is 3.12. The summed E-state index contributed by atoms with van der Waals surface area (Å²) in [5.74, 6) is -0.542. The molecule has 0 fully saturated rings. The largest absolute Gasteiger partial charge is 0.433 e. The molecule has 0 atom stereocenters. The molecule has 8 heteroatoms. The minimum atomic E-state index is -0.646. The summed E-state index contributed by atoms with van der Waals surface area (Å²) in [5, 5.41) is 20.9. The molecule has 1 aromatic heterocycles. The lowest BCUT2D eigenvalue weighted by molar-refractivity contribution is -0.402. The van der Waals surface area contributed by atoms with Crippen LogP contribution in [0.4, 0.5) is 11.6 Å². The molecule has 0 unspecified atom stereocenters. The number of anilines is 1. The van der Waals surface area contributed by atoms with E-state index in [1.54, 1.807) is 6.07 Å². The maximum absolute atomic E-state index is 11.9. The smallest absolute Gasteiger partial charge is 0.400 e. The number of nitrogens with one attached hydrogen (secondary N) is 1. The van der Waals surface area contributed by atoms with Gasteiger partial charge in [-0.3, -0.25) is 14.9 Å². The van der Waals surface area contributed by atoms with Gasteiger partial charge in [-0.05, 0) is 18.6 Å². The second kappa shape index (κ2) is 5.24. The highest BCUT2D eigenvalue weighted by Gasteiger charge is 2.27. The lowest BCUT2D eigenvalue weighted by Gasteiger charge is -2.00. The molecule has 8 nitrogen and oxygen atoms in total. The predicted molar refractivity (Wildman–Crippen MR) is 79.3 cm³/mol. The normalized spacial score (nSPS) is 15.3. The van der Waals surface area contributed by atoms with Crippen molar-refractivity contribution in [3.63, 3.8) is 0 Å². The van der Waals surface area contributed by atoms with Gasteiger partial charge < -0.3 is 9.73 Å². The summed E-state index contributed by atoms with van der Waals surface area (Å²) in [4.78, 5) is 21.7. The van der Waals surface area contributed by atoms with Crippen molar-refractivity contribution in [2.24, 2.45) is 10.2 Å². The monoisotopic (exact) mass is 298 g/mol. The minimum absolute atomic E-state index is 0.180. The van der Waals surface area contributed by atoms with Crippen LogP contribution >= 0.6 is 0 Å². The van der Waals surface area contributed by atoms with E-state index in [4.69, 9.17) is 4.42 Å². The number of carbonyl (C=O) groups excluding carboxylic acids is 1. The lowest BCUT2D eigenvalue weighted by Crippen LogP contribution is -2.13. The van der Waals surface area contributed by atoms with Crippen molar-refractivity contribution < 1.29 is 14.1 Å². The first kappa shape index (κ1) is 13.7. The molecule has 0 saturated heterocycles. The van der Waals surface area contributed by atoms with Gasteiger partial charge in [0.15, 0.2) is 11.5 Å². The van der Waals surface area contributed by atoms with Crippen LogP contribution in [0.5, 0.6) is 0 Å². The molecule has 1 aliphatic rings. The van der Waals surface area contributed by atoms with Gasteiger partial charge in [-0.25, -0.2) is 0 Å². The number of amides is 1. The molecule has 1 N–H and O–H groups in total. The SMILES string of the molecule is Cc1cccc2c1NC(=O)/C2=N/N=C/c1ccc([N+](=O)[O-])o1.